The maximum atomic E-state index is 11.8. The summed E-state index contributed by atoms with van der Waals surface area (Å²) in [5.41, 5.74) is 0.782. The minimum absolute atomic E-state index is 0.0315. The van der Waals surface area contributed by atoms with Crippen LogP contribution in [0.4, 0.5) is 0 Å². The van der Waals surface area contributed by atoms with Gasteiger partial charge in [0.1, 0.15) is 6.61 Å². The molecular formula is C17H26N2O4. The van der Waals surface area contributed by atoms with Gasteiger partial charge in [-0.2, -0.15) is 0 Å². The van der Waals surface area contributed by atoms with E-state index in [1.165, 1.54) is 6.92 Å². The van der Waals surface area contributed by atoms with Gasteiger partial charge in [-0.3, -0.25) is 9.59 Å². The van der Waals surface area contributed by atoms with Gasteiger partial charge in [0, 0.05) is 32.3 Å². The zero-order valence-corrected chi connectivity index (χ0v) is 13.9. The number of likely N-dealkylation sites (N-methyl/N-ethyl adjacent to an activating group) is 1. The van der Waals surface area contributed by atoms with Crippen molar-refractivity contribution in [3.05, 3.63) is 24.0 Å². The maximum absolute atomic E-state index is 11.8. The highest BCUT2D eigenvalue weighted by molar-refractivity contribution is 5.93. The molecule has 6 nitrogen and oxygen atoms in total. The van der Waals surface area contributed by atoms with E-state index < -0.39 is 0 Å². The topological polar surface area (TPSA) is 67.9 Å². The van der Waals surface area contributed by atoms with Gasteiger partial charge in [0.15, 0.2) is 0 Å². The summed E-state index contributed by atoms with van der Waals surface area (Å²) in [6, 6.07) is 0. The summed E-state index contributed by atoms with van der Waals surface area (Å²) < 4.78 is 11.1. The second-order valence-electron chi connectivity index (χ2n) is 5.97. The van der Waals surface area contributed by atoms with E-state index >= 15 is 0 Å². The highest BCUT2D eigenvalue weighted by atomic mass is 16.6. The van der Waals surface area contributed by atoms with Crippen LogP contribution in [-0.2, 0) is 19.1 Å². The Bertz CT molecular complexity index is 487. The van der Waals surface area contributed by atoms with Crippen molar-refractivity contribution < 1.29 is 19.1 Å². The first-order valence-electron chi connectivity index (χ1n) is 8.22. The molecule has 0 aromatic rings. The van der Waals surface area contributed by atoms with E-state index in [9.17, 15) is 9.59 Å². The largest absolute Gasteiger partial charge is 0.463 e. The lowest BCUT2D eigenvalue weighted by Gasteiger charge is -2.32. The highest BCUT2D eigenvalue weighted by Gasteiger charge is 2.24. The van der Waals surface area contributed by atoms with Crippen LogP contribution in [0, 0.1) is 0 Å². The Kier molecular flexibility index (Phi) is 6.65. The third kappa shape index (κ3) is 5.71. The fourth-order valence-electron chi connectivity index (χ4n) is 2.89. The number of amides is 1. The van der Waals surface area contributed by atoms with Crippen LogP contribution in [0.25, 0.3) is 0 Å². The molecule has 1 fully saturated rings. The van der Waals surface area contributed by atoms with E-state index in [0.717, 1.165) is 37.7 Å². The van der Waals surface area contributed by atoms with Crippen LogP contribution in [-0.4, -0.2) is 49.2 Å². The van der Waals surface area contributed by atoms with Crippen LogP contribution >= 0.6 is 0 Å². The molecule has 23 heavy (non-hydrogen) atoms. The molecule has 2 atom stereocenters. The van der Waals surface area contributed by atoms with Crippen LogP contribution < -0.4 is 5.32 Å². The third-order valence-electron chi connectivity index (χ3n) is 4.04. The minimum atomic E-state index is -0.274. The number of allylic oxidation sites excluding steroid dienone is 1. The molecule has 2 aliphatic heterocycles. The number of esters is 1. The fraction of sp³-hybridized carbons (Fsp3) is 0.647. The van der Waals surface area contributed by atoms with Crippen molar-refractivity contribution in [2.75, 3.05) is 20.2 Å². The molecule has 1 saturated heterocycles. The molecule has 0 aromatic heterocycles. The lowest BCUT2D eigenvalue weighted by atomic mass is 10.0. The second kappa shape index (κ2) is 8.72. The normalized spacial score (nSPS) is 24.6. The summed E-state index contributed by atoms with van der Waals surface area (Å²) in [5, 5.41) is 2.68. The SMILES string of the molecule is CNC(=O)C1=CN(CC2CCCC(COC(C)=O)O2)C=CCC1. The van der Waals surface area contributed by atoms with Gasteiger partial charge in [0.2, 0.25) is 5.91 Å². The van der Waals surface area contributed by atoms with Crippen LogP contribution in [0.1, 0.15) is 39.0 Å². The number of hydrogen-bond donors (Lipinski definition) is 1. The Hall–Kier alpha value is -1.82. The quantitative estimate of drug-likeness (QED) is 0.781. The molecule has 1 N–H and O–H groups in total. The zero-order valence-electron chi connectivity index (χ0n) is 13.9. The van der Waals surface area contributed by atoms with Gasteiger partial charge < -0.3 is 19.7 Å². The van der Waals surface area contributed by atoms with Crippen molar-refractivity contribution in [3.8, 4) is 0 Å². The Morgan fingerprint density at radius 2 is 2.17 bits per heavy atom. The molecular weight excluding hydrogens is 296 g/mol. The van der Waals surface area contributed by atoms with Gasteiger partial charge in [-0.25, -0.2) is 0 Å². The average Bonchev–Trinajstić information content (AvgIpc) is 2.78. The van der Waals surface area contributed by atoms with Crippen LogP contribution in [0.15, 0.2) is 24.0 Å². The van der Waals surface area contributed by atoms with E-state index in [1.807, 2.05) is 17.3 Å². The molecule has 128 valence electrons. The lowest BCUT2D eigenvalue weighted by Crippen LogP contribution is -2.37. The summed E-state index contributed by atoms with van der Waals surface area (Å²) >= 11 is 0. The molecule has 0 bridgehead atoms. The number of carbonyl (C=O) groups excluding carboxylic acids is 2. The number of hydrogen-bond acceptors (Lipinski definition) is 5. The first kappa shape index (κ1) is 17.5. The number of rotatable bonds is 5. The average molecular weight is 322 g/mol. The van der Waals surface area contributed by atoms with Gasteiger partial charge in [-0.1, -0.05) is 6.08 Å². The summed E-state index contributed by atoms with van der Waals surface area (Å²) in [5.74, 6) is -0.305. The molecule has 0 spiro atoms. The van der Waals surface area contributed by atoms with Crippen LogP contribution in [0.3, 0.4) is 0 Å². The lowest BCUT2D eigenvalue weighted by molar-refractivity contribution is -0.149. The van der Waals surface area contributed by atoms with Crippen LogP contribution in [0.2, 0.25) is 0 Å². The summed E-state index contributed by atoms with van der Waals surface area (Å²) in [4.78, 5) is 24.8. The van der Waals surface area contributed by atoms with Crippen molar-refractivity contribution in [1.82, 2.24) is 10.2 Å². The number of nitrogens with one attached hydrogen (secondary N) is 1. The first-order chi connectivity index (χ1) is 11.1. The van der Waals surface area contributed by atoms with Gasteiger partial charge >= 0.3 is 5.97 Å². The highest BCUT2D eigenvalue weighted by Crippen LogP contribution is 2.22. The predicted molar refractivity (Wildman–Crippen MR) is 86.4 cm³/mol. The van der Waals surface area contributed by atoms with E-state index in [2.05, 4.69) is 11.4 Å². The number of nitrogens with zero attached hydrogens (tertiary/aromatic N) is 1. The molecule has 6 heteroatoms. The van der Waals surface area contributed by atoms with Gasteiger partial charge in [-0.15, -0.1) is 0 Å². The summed E-state index contributed by atoms with van der Waals surface area (Å²) in [6.45, 7) is 2.43. The molecule has 2 aliphatic rings. The second-order valence-corrected chi connectivity index (χ2v) is 5.97. The molecule has 2 rings (SSSR count). The zero-order chi connectivity index (χ0) is 16.7. The van der Waals surface area contributed by atoms with E-state index in [4.69, 9.17) is 9.47 Å². The van der Waals surface area contributed by atoms with E-state index in [-0.39, 0.29) is 24.1 Å². The first-order valence-corrected chi connectivity index (χ1v) is 8.22. The van der Waals surface area contributed by atoms with Gasteiger partial charge in [-0.05, 0) is 38.3 Å². The van der Waals surface area contributed by atoms with E-state index in [0.29, 0.717) is 13.2 Å². The van der Waals surface area contributed by atoms with Gasteiger partial charge in [0.25, 0.3) is 0 Å². The molecule has 0 aliphatic carbocycles. The molecule has 0 aromatic carbocycles. The Balaban J connectivity index is 1.91. The number of ether oxygens (including phenoxy) is 2. The predicted octanol–water partition coefficient (Wildman–Crippen LogP) is 1.73. The Morgan fingerprint density at radius 3 is 2.91 bits per heavy atom. The molecule has 2 unspecified atom stereocenters. The molecule has 2 heterocycles. The summed E-state index contributed by atoms with van der Waals surface area (Å²) in [6.07, 6.45) is 10.6. The smallest absolute Gasteiger partial charge is 0.302 e. The maximum Gasteiger partial charge on any atom is 0.302 e. The van der Waals surface area contributed by atoms with Crippen molar-refractivity contribution in [1.29, 1.82) is 0 Å². The van der Waals surface area contributed by atoms with E-state index in [1.54, 1.807) is 7.05 Å². The van der Waals surface area contributed by atoms with Crippen LogP contribution in [0.5, 0.6) is 0 Å². The van der Waals surface area contributed by atoms with Crippen molar-refractivity contribution in [3.63, 3.8) is 0 Å². The Morgan fingerprint density at radius 1 is 1.39 bits per heavy atom. The van der Waals surface area contributed by atoms with Gasteiger partial charge in [0.05, 0.1) is 12.2 Å². The van der Waals surface area contributed by atoms with Crippen molar-refractivity contribution in [2.24, 2.45) is 0 Å². The molecule has 0 saturated carbocycles. The minimum Gasteiger partial charge on any atom is -0.463 e. The summed E-state index contributed by atoms with van der Waals surface area (Å²) in [7, 11) is 1.65. The fourth-order valence-corrected chi connectivity index (χ4v) is 2.89. The van der Waals surface area contributed by atoms with Crippen molar-refractivity contribution >= 4 is 11.9 Å². The molecule has 1 amide bonds. The Labute approximate surface area is 137 Å². The third-order valence-corrected chi connectivity index (χ3v) is 4.04. The molecule has 0 radical (unpaired) electrons. The number of carbonyl (C=O) groups is 2. The van der Waals surface area contributed by atoms with Crippen molar-refractivity contribution in [2.45, 2.75) is 51.2 Å². The standard InChI is InChI=1S/C17H26N2O4/c1-13(20)22-12-16-8-5-7-15(23-16)11-19-9-4-3-6-14(10-19)17(21)18-2/h4,9-10,15-16H,3,5-8,11-12H2,1-2H3,(H,18,21). The monoisotopic (exact) mass is 322 g/mol.